The van der Waals surface area contributed by atoms with E-state index in [1.807, 2.05) is 0 Å². The SMILES string of the molecule is CC(CBr)CCCNC(=O)c1cc(Cl)ccc1Br. The van der Waals surface area contributed by atoms with Crippen molar-refractivity contribution in [2.24, 2.45) is 5.92 Å². The molecule has 0 spiro atoms. The Balaban J connectivity index is 2.43. The lowest BCUT2D eigenvalue weighted by Crippen LogP contribution is -2.25. The summed E-state index contributed by atoms with van der Waals surface area (Å²) in [6.45, 7) is 2.87. The van der Waals surface area contributed by atoms with Gasteiger partial charge in [-0.25, -0.2) is 0 Å². The van der Waals surface area contributed by atoms with Gasteiger partial charge in [0.25, 0.3) is 5.91 Å². The van der Waals surface area contributed by atoms with Crippen LogP contribution in [0.15, 0.2) is 22.7 Å². The van der Waals surface area contributed by atoms with Crippen LogP contribution in [0.4, 0.5) is 0 Å². The van der Waals surface area contributed by atoms with E-state index in [1.54, 1.807) is 18.2 Å². The fourth-order valence-electron chi connectivity index (χ4n) is 1.50. The van der Waals surface area contributed by atoms with E-state index >= 15 is 0 Å². The van der Waals surface area contributed by atoms with Gasteiger partial charge in [-0.05, 0) is 52.9 Å². The molecule has 1 unspecified atom stereocenters. The van der Waals surface area contributed by atoms with Gasteiger partial charge in [-0.15, -0.1) is 0 Å². The molecule has 0 aliphatic carbocycles. The molecule has 100 valence electrons. The average molecular weight is 398 g/mol. The van der Waals surface area contributed by atoms with Gasteiger partial charge in [-0.2, -0.15) is 0 Å². The number of amides is 1. The molecule has 0 saturated heterocycles. The topological polar surface area (TPSA) is 29.1 Å². The predicted molar refractivity (Wildman–Crippen MR) is 83.7 cm³/mol. The smallest absolute Gasteiger partial charge is 0.252 e. The molecule has 0 aromatic heterocycles. The molecule has 0 bridgehead atoms. The summed E-state index contributed by atoms with van der Waals surface area (Å²) in [5.74, 6) is 0.552. The van der Waals surface area contributed by atoms with Crippen molar-refractivity contribution in [1.29, 1.82) is 0 Å². The van der Waals surface area contributed by atoms with Crippen molar-refractivity contribution in [1.82, 2.24) is 5.32 Å². The molecule has 0 aliphatic heterocycles. The van der Waals surface area contributed by atoms with Crippen molar-refractivity contribution >= 4 is 49.4 Å². The maximum atomic E-state index is 11.9. The van der Waals surface area contributed by atoms with Crippen LogP contribution in [-0.2, 0) is 0 Å². The fraction of sp³-hybridized carbons (Fsp3) is 0.462. The Kier molecular flexibility index (Phi) is 7.27. The average Bonchev–Trinajstić information content (AvgIpc) is 2.36. The van der Waals surface area contributed by atoms with Crippen molar-refractivity contribution in [3.63, 3.8) is 0 Å². The normalized spacial score (nSPS) is 12.2. The second-order valence-corrected chi connectivity index (χ2v) is 6.22. The molecule has 2 nitrogen and oxygen atoms in total. The van der Waals surface area contributed by atoms with E-state index in [0.29, 0.717) is 23.0 Å². The molecule has 1 amide bonds. The number of hydrogen-bond donors (Lipinski definition) is 1. The summed E-state index contributed by atoms with van der Waals surface area (Å²) >= 11 is 12.7. The van der Waals surface area contributed by atoms with Crippen LogP contribution in [0.1, 0.15) is 30.1 Å². The zero-order chi connectivity index (χ0) is 13.5. The maximum absolute atomic E-state index is 11.9. The second-order valence-electron chi connectivity index (χ2n) is 4.28. The highest BCUT2D eigenvalue weighted by molar-refractivity contribution is 9.10. The lowest BCUT2D eigenvalue weighted by molar-refractivity contribution is 0.0952. The van der Waals surface area contributed by atoms with E-state index in [4.69, 9.17) is 11.6 Å². The molecule has 1 atom stereocenters. The molecule has 1 aromatic carbocycles. The van der Waals surface area contributed by atoms with Crippen LogP contribution < -0.4 is 5.32 Å². The number of carbonyl (C=O) groups excluding carboxylic acids is 1. The Morgan fingerprint density at radius 1 is 1.50 bits per heavy atom. The Bertz CT molecular complexity index is 412. The number of halogens is 3. The lowest BCUT2D eigenvalue weighted by Gasteiger charge is -2.09. The minimum Gasteiger partial charge on any atom is -0.352 e. The highest BCUT2D eigenvalue weighted by atomic mass is 79.9. The van der Waals surface area contributed by atoms with Crippen LogP contribution in [0.25, 0.3) is 0 Å². The minimum atomic E-state index is -0.0872. The Hall–Kier alpha value is -0.0600. The number of alkyl halides is 1. The summed E-state index contributed by atoms with van der Waals surface area (Å²) in [5.41, 5.74) is 0.580. The van der Waals surface area contributed by atoms with Crippen LogP contribution in [0.3, 0.4) is 0 Å². The third-order valence-corrected chi connectivity index (χ3v) is 4.63. The van der Waals surface area contributed by atoms with Crippen LogP contribution in [-0.4, -0.2) is 17.8 Å². The summed E-state index contributed by atoms with van der Waals surface area (Å²) < 4.78 is 0.762. The fourth-order valence-corrected chi connectivity index (χ4v) is 2.42. The van der Waals surface area contributed by atoms with Gasteiger partial charge in [-0.1, -0.05) is 34.5 Å². The highest BCUT2D eigenvalue weighted by Gasteiger charge is 2.10. The number of carbonyl (C=O) groups is 1. The number of rotatable bonds is 6. The third-order valence-electron chi connectivity index (χ3n) is 2.60. The molecule has 0 radical (unpaired) electrons. The minimum absolute atomic E-state index is 0.0872. The predicted octanol–water partition coefficient (Wildman–Crippen LogP) is 4.64. The van der Waals surface area contributed by atoms with Gasteiger partial charge in [0, 0.05) is 21.4 Å². The first-order chi connectivity index (χ1) is 8.54. The van der Waals surface area contributed by atoms with E-state index in [2.05, 4.69) is 44.1 Å². The summed E-state index contributed by atoms with van der Waals surface area (Å²) in [7, 11) is 0. The summed E-state index contributed by atoms with van der Waals surface area (Å²) in [5, 5.41) is 4.47. The first-order valence-electron chi connectivity index (χ1n) is 5.83. The second kappa shape index (κ2) is 8.18. The van der Waals surface area contributed by atoms with E-state index in [-0.39, 0.29) is 5.91 Å². The standard InChI is InChI=1S/C13H16Br2ClNO/c1-9(8-14)3-2-6-17-13(18)11-7-10(16)4-5-12(11)15/h4-5,7,9H,2-3,6,8H2,1H3,(H,17,18). The van der Waals surface area contributed by atoms with Gasteiger partial charge in [0.05, 0.1) is 5.56 Å². The van der Waals surface area contributed by atoms with Crippen molar-refractivity contribution in [2.45, 2.75) is 19.8 Å². The van der Waals surface area contributed by atoms with Gasteiger partial charge in [0.2, 0.25) is 0 Å². The molecule has 0 heterocycles. The van der Waals surface area contributed by atoms with Crippen LogP contribution in [0.5, 0.6) is 0 Å². The maximum Gasteiger partial charge on any atom is 0.252 e. The quantitative estimate of drug-likeness (QED) is 0.550. The van der Waals surface area contributed by atoms with Gasteiger partial charge in [0.1, 0.15) is 0 Å². The Morgan fingerprint density at radius 3 is 2.89 bits per heavy atom. The van der Waals surface area contributed by atoms with Gasteiger partial charge in [-0.3, -0.25) is 4.79 Å². The van der Waals surface area contributed by atoms with Crippen molar-refractivity contribution < 1.29 is 4.79 Å². The Morgan fingerprint density at radius 2 is 2.22 bits per heavy atom. The molecule has 1 aromatic rings. The van der Waals surface area contributed by atoms with E-state index in [0.717, 1.165) is 22.6 Å². The highest BCUT2D eigenvalue weighted by Crippen LogP contribution is 2.21. The van der Waals surface area contributed by atoms with Crippen LogP contribution in [0.2, 0.25) is 5.02 Å². The van der Waals surface area contributed by atoms with E-state index in [1.165, 1.54) is 0 Å². The van der Waals surface area contributed by atoms with Crippen LogP contribution in [0, 0.1) is 5.92 Å². The summed E-state index contributed by atoms with van der Waals surface area (Å²) in [6.07, 6.45) is 2.08. The van der Waals surface area contributed by atoms with Crippen molar-refractivity contribution in [2.75, 3.05) is 11.9 Å². The largest absolute Gasteiger partial charge is 0.352 e. The van der Waals surface area contributed by atoms with Crippen molar-refractivity contribution in [3.05, 3.63) is 33.3 Å². The molecule has 1 N–H and O–H groups in total. The number of hydrogen-bond acceptors (Lipinski definition) is 1. The molecule has 18 heavy (non-hydrogen) atoms. The number of nitrogens with one attached hydrogen (secondary N) is 1. The zero-order valence-corrected chi connectivity index (χ0v) is 14.1. The molecule has 5 heteroatoms. The van der Waals surface area contributed by atoms with E-state index < -0.39 is 0 Å². The molecule has 1 rings (SSSR count). The Labute approximate surface area is 130 Å². The molecule has 0 saturated carbocycles. The molecular weight excluding hydrogens is 381 g/mol. The molecule has 0 aliphatic rings. The molecule has 0 fully saturated rings. The molecular formula is C13H16Br2ClNO. The van der Waals surface area contributed by atoms with Gasteiger partial charge in [0.15, 0.2) is 0 Å². The van der Waals surface area contributed by atoms with Gasteiger partial charge >= 0.3 is 0 Å². The lowest BCUT2D eigenvalue weighted by atomic mass is 10.1. The monoisotopic (exact) mass is 395 g/mol. The summed E-state index contributed by atoms with van der Waals surface area (Å²) in [4.78, 5) is 11.9. The van der Waals surface area contributed by atoms with Crippen LogP contribution >= 0.6 is 43.5 Å². The first-order valence-corrected chi connectivity index (χ1v) is 8.13. The number of benzene rings is 1. The zero-order valence-electron chi connectivity index (χ0n) is 10.2. The first kappa shape index (κ1) is 16.0. The van der Waals surface area contributed by atoms with E-state index in [9.17, 15) is 4.79 Å². The van der Waals surface area contributed by atoms with Gasteiger partial charge < -0.3 is 5.32 Å². The third kappa shape index (κ3) is 5.29. The van der Waals surface area contributed by atoms with Crippen molar-refractivity contribution in [3.8, 4) is 0 Å². The summed E-state index contributed by atoms with van der Waals surface area (Å²) in [6, 6.07) is 5.20.